The Morgan fingerprint density at radius 2 is 1.85 bits per heavy atom. The molecule has 1 amide bonds. The molecule has 0 aliphatic rings. The molecular formula is C16H26N2OS. The second kappa shape index (κ2) is 8.32. The van der Waals surface area contributed by atoms with Gasteiger partial charge in [-0.15, -0.1) is 11.8 Å². The lowest BCUT2D eigenvalue weighted by molar-refractivity contribution is -0.130. The number of nitrogens with one attached hydrogen (secondary N) is 1. The topological polar surface area (TPSA) is 55.1 Å². The molecule has 0 heterocycles. The summed E-state index contributed by atoms with van der Waals surface area (Å²) in [5.41, 5.74) is 6.64. The maximum atomic E-state index is 12.2. The first-order chi connectivity index (χ1) is 9.57. The molecule has 0 aromatic heterocycles. The van der Waals surface area contributed by atoms with E-state index in [0.717, 1.165) is 18.6 Å². The van der Waals surface area contributed by atoms with Crippen LogP contribution in [-0.4, -0.2) is 24.7 Å². The Hall–Kier alpha value is -1.00. The number of carbonyl (C=O) groups is 1. The molecule has 0 saturated carbocycles. The third-order valence-corrected chi connectivity index (χ3v) is 4.92. The quantitative estimate of drug-likeness (QED) is 0.572. The molecule has 0 radical (unpaired) electrons. The van der Waals surface area contributed by atoms with Crippen LogP contribution in [-0.2, 0) is 4.79 Å². The number of hydrogen-bond acceptors (Lipinski definition) is 3. The van der Waals surface area contributed by atoms with E-state index in [2.05, 4.69) is 36.5 Å². The van der Waals surface area contributed by atoms with Crippen LogP contribution >= 0.6 is 11.8 Å². The zero-order valence-corrected chi connectivity index (χ0v) is 13.6. The van der Waals surface area contributed by atoms with Gasteiger partial charge < -0.3 is 11.1 Å². The van der Waals surface area contributed by atoms with Crippen LogP contribution in [0.25, 0.3) is 0 Å². The minimum Gasteiger partial charge on any atom is -0.355 e. The highest BCUT2D eigenvalue weighted by Crippen LogP contribution is 2.25. The largest absolute Gasteiger partial charge is 0.355 e. The van der Waals surface area contributed by atoms with Crippen LogP contribution in [0, 0.1) is 12.3 Å². The molecule has 4 heteroatoms. The van der Waals surface area contributed by atoms with E-state index < -0.39 is 5.41 Å². The molecule has 0 bridgehead atoms. The number of amides is 1. The molecular weight excluding hydrogens is 268 g/mol. The van der Waals surface area contributed by atoms with E-state index in [1.165, 1.54) is 10.5 Å². The minimum atomic E-state index is -0.394. The normalized spacial score (nSPS) is 11.4. The molecule has 1 aromatic carbocycles. The molecule has 0 aliphatic heterocycles. The summed E-state index contributed by atoms with van der Waals surface area (Å²) in [6.07, 6.45) is 1.58. The van der Waals surface area contributed by atoms with Crippen molar-refractivity contribution in [1.82, 2.24) is 5.32 Å². The number of rotatable bonds is 8. The lowest BCUT2D eigenvalue weighted by Crippen LogP contribution is -2.45. The van der Waals surface area contributed by atoms with Gasteiger partial charge in [-0.3, -0.25) is 4.79 Å². The van der Waals surface area contributed by atoms with E-state index in [-0.39, 0.29) is 5.91 Å². The van der Waals surface area contributed by atoms with E-state index >= 15 is 0 Å². The van der Waals surface area contributed by atoms with Crippen molar-refractivity contribution in [3.8, 4) is 0 Å². The summed E-state index contributed by atoms with van der Waals surface area (Å²) < 4.78 is 0. The predicted molar refractivity (Wildman–Crippen MR) is 87.0 cm³/mol. The van der Waals surface area contributed by atoms with Crippen LogP contribution in [0.15, 0.2) is 29.2 Å². The molecule has 0 fully saturated rings. The number of carbonyl (C=O) groups excluding carboxylic acids is 1. The van der Waals surface area contributed by atoms with Gasteiger partial charge in [0.2, 0.25) is 5.91 Å². The first-order valence-electron chi connectivity index (χ1n) is 7.25. The van der Waals surface area contributed by atoms with Crippen molar-refractivity contribution in [1.29, 1.82) is 0 Å². The zero-order chi connectivity index (χ0) is 15.0. The van der Waals surface area contributed by atoms with Crippen molar-refractivity contribution in [3.05, 3.63) is 29.8 Å². The van der Waals surface area contributed by atoms with Crippen molar-refractivity contribution < 1.29 is 4.79 Å². The third-order valence-electron chi connectivity index (χ3n) is 3.90. The highest BCUT2D eigenvalue weighted by atomic mass is 32.2. The van der Waals surface area contributed by atoms with Crippen LogP contribution in [0.2, 0.25) is 0 Å². The molecule has 0 saturated heterocycles. The molecule has 3 N–H and O–H groups in total. The van der Waals surface area contributed by atoms with E-state index in [1.807, 2.05) is 13.8 Å². The van der Waals surface area contributed by atoms with Gasteiger partial charge in [-0.05, 0) is 31.9 Å². The fourth-order valence-corrected chi connectivity index (χ4v) is 2.88. The molecule has 112 valence electrons. The molecule has 20 heavy (non-hydrogen) atoms. The van der Waals surface area contributed by atoms with Crippen LogP contribution in [0.1, 0.15) is 32.3 Å². The maximum absolute atomic E-state index is 12.2. The van der Waals surface area contributed by atoms with Gasteiger partial charge in [0.05, 0.1) is 5.41 Å². The van der Waals surface area contributed by atoms with Crippen molar-refractivity contribution in [2.24, 2.45) is 11.1 Å². The molecule has 1 aromatic rings. The Kier molecular flexibility index (Phi) is 7.10. The number of hydrogen-bond donors (Lipinski definition) is 2. The van der Waals surface area contributed by atoms with Gasteiger partial charge >= 0.3 is 0 Å². The Morgan fingerprint density at radius 1 is 1.25 bits per heavy atom. The van der Waals surface area contributed by atoms with Gasteiger partial charge in [0.15, 0.2) is 0 Å². The molecule has 0 aliphatic carbocycles. The Balaban J connectivity index is 2.36. The van der Waals surface area contributed by atoms with Crippen molar-refractivity contribution in [2.45, 2.75) is 38.5 Å². The Bertz CT molecular complexity index is 405. The predicted octanol–water partition coefficient (Wildman–Crippen LogP) is 2.97. The second-order valence-corrected chi connectivity index (χ2v) is 6.28. The monoisotopic (exact) mass is 294 g/mol. The SMILES string of the molecule is CCC(CC)(CN)C(=O)NCCSc1ccc(C)cc1. The standard InChI is InChI=1S/C16H26N2OS/c1-4-16(5-2,12-17)15(19)18-10-11-20-14-8-6-13(3)7-9-14/h6-9H,4-5,10-12,17H2,1-3H3,(H,18,19). The Morgan fingerprint density at radius 3 is 2.35 bits per heavy atom. The summed E-state index contributed by atoms with van der Waals surface area (Å²) in [4.78, 5) is 13.5. The summed E-state index contributed by atoms with van der Waals surface area (Å²) in [5.74, 6) is 0.970. The van der Waals surface area contributed by atoms with Crippen LogP contribution in [0.4, 0.5) is 0 Å². The first-order valence-corrected chi connectivity index (χ1v) is 8.24. The average molecular weight is 294 g/mol. The summed E-state index contributed by atoms with van der Waals surface area (Å²) >= 11 is 1.76. The van der Waals surface area contributed by atoms with E-state index in [0.29, 0.717) is 13.1 Å². The van der Waals surface area contributed by atoms with Gasteiger partial charge in [0.25, 0.3) is 0 Å². The Labute approximate surface area is 126 Å². The van der Waals surface area contributed by atoms with Crippen LogP contribution in [0.5, 0.6) is 0 Å². The summed E-state index contributed by atoms with van der Waals surface area (Å²) in [7, 11) is 0. The van der Waals surface area contributed by atoms with Gasteiger partial charge in [0.1, 0.15) is 0 Å². The molecule has 1 rings (SSSR count). The van der Waals surface area contributed by atoms with E-state index in [1.54, 1.807) is 11.8 Å². The highest BCUT2D eigenvalue weighted by molar-refractivity contribution is 7.99. The maximum Gasteiger partial charge on any atom is 0.227 e. The zero-order valence-electron chi connectivity index (χ0n) is 12.7. The number of aryl methyl sites for hydroxylation is 1. The highest BCUT2D eigenvalue weighted by Gasteiger charge is 2.32. The van der Waals surface area contributed by atoms with Crippen molar-refractivity contribution in [2.75, 3.05) is 18.8 Å². The summed E-state index contributed by atoms with van der Waals surface area (Å²) in [6.45, 7) is 7.22. The number of benzene rings is 1. The lowest BCUT2D eigenvalue weighted by Gasteiger charge is -2.28. The van der Waals surface area contributed by atoms with Crippen LogP contribution < -0.4 is 11.1 Å². The molecule has 0 spiro atoms. The van der Waals surface area contributed by atoms with E-state index in [9.17, 15) is 4.79 Å². The fourth-order valence-electron chi connectivity index (χ4n) is 2.11. The van der Waals surface area contributed by atoms with E-state index in [4.69, 9.17) is 5.73 Å². The third kappa shape index (κ3) is 4.53. The average Bonchev–Trinajstić information content (AvgIpc) is 2.48. The summed E-state index contributed by atoms with van der Waals surface area (Å²) in [5, 5.41) is 3.02. The first kappa shape index (κ1) is 17.1. The fraction of sp³-hybridized carbons (Fsp3) is 0.562. The van der Waals surface area contributed by atoms with Crippen LogP contribution in [0.3, 0.4) is 0 Å². The van der Waals surface area contributed by atoms with Crippen molar-refractivity contribution >= 4 is 17.7 Å². The lowest BCUT2D eigenvalue weighted by atomic mass is 9.81. The van der Waals surface area contributed by atoms with Crippen molar-refractivity contribution in [3.63, 3.8) is 0 Å². The number of thioether (sulfide) groups is 1. The number of nitrogens with two attached hydrogens (primary N) is 1. The summed E-state index contributed by atoms with van der Waals surface area (Å²) in [6, 6.07) is 8.44. The van der Waals surface area contributed by atoms with Gasteiger partial charge in [-0.2, -0.15) is 0 Å². The molecule has 0 unspecified atom stereocenters. The second-order valence-electron chi connectivity index (χ2n) is 5.11. The van der Waals surface area contributed by atoms with Gasteiger partial charge in [0, 0.05) is 23.7 Å². The minimum absolute atomic E-state index is 0.0921. The molecule has 0 atom stereocenters. The molecule has 3 nitrogen and oxygen atoms in total. The van der Waals surface area contributed by atoms with Gasteiger partial charge in [-0.25, -0.2) is 0 Å². The van der Waals surface area contributed by atoms with Gasteiger partial charge in [-0.1, -0.05) is 31.5 Å². The smallest absolute Gasteiger partial charge is 0.227 e.